The molecule has 0 amide bonds. The summed E-state index contributed by atoms with van der Waals surface area (Å²) in [4.78, 5) is 12.7. The van der Waals surface area contributed by atoms with Crippen molar-refractivity contribution < 1.29 is 19.0 Å². The number of rotatable bonds is 2. The van der Waals surface area contributed by atoms with Crippen LogP contribution in [0.4, 0.5) is 4.39 Å². The number of benzene rings is 3. The minimum Gasteiger partial charge on any atom is -0.483 e. The van der Waals surface area contributed by atoms with Crippen LogP contribution in [0, 0.1) is 12.7 Å². The van der Waals surface area contributed by atoms with E-state index in [0.717, 1.165) is 32.9 Å². The Hall–Kier alpha value is -2.83. The van der Waals surface area contributed by atoms with Crippen LogP contribution in [0.15, 0.2) is 65.6 Å². The van der Waals surface area contributed by atoms with Gasteiger partial charge in [-0.2, -0.15) is 0 Å². The molecule has 0 aliphatic carbocycles. The maximum atomic E-state index is 14.7. The summed E-state index contributed by atoms with van der Waals surface area (Å²) in [5, 5.41) is 9.56. The van der Waals surface area contributed by atoms with Crippen LogP contribution in [0.5, 0.6) is 5.75 Å². The van der Waals surface area contributed by atoms with Gasteiger partial charge >= 0.3 is 5.97 Å². The summed E-state index contributed by atoms with van der Waals surface area (Å²) in [5.74, 6) is -0.945. The van der Waals surface area contributed by atoms with Gasteiger partial charge in [-0.15, -0.1) is 0 Å². The summed E-state index contributed by atoms with van der Waals surface area (Å²) in [6.07, 6.45) is -0.467. The molecule has 3 atom stereocenters. The number of fused-ring (bicyclic) bond motifs is 8. The van der Waals surface area contributed by atoms with E-state index in [2.05, 4.69) is 17.3 Å². The Morgan fingerprint density at radius 2 is 1.94 bits per heavy atom. The normalized spacial score (nSPS) is 21.8. The number of para-hydroxylation sites is 1. The van der Waals surface area contributed by atoms with Gasteiger partial charge in [-0.1, -0.05) is 36.4 Å². The van der Waals surface area contributed by atoms with Gasteiger partial charge in [0.05, 0.1) is 17.9 Å². The first-order valence-corrected chi connectivity index (χ1v) is 11.0. The lowest BCUT2D eigenvalue weighted by Crippen LogP contribution is -2.24. The lowest BCUT2D eigenvalue weighted by molar-refractivity contribution is -0.137. The summed E-state index contributed by atoms with van der Waals surface area (Å²) in [6, 6.07) is 18.8. The predicted molar refractivity (Wildman–Crippen MR) is 118 cm³/mol. The summed E-state index contributed by atoms with van der Waals surface area (Å²) >= 11 is 1.64. The summed E-state index contributed by atoms with van der Waals surface area (Å²) < 4.78 is 23.3. The van der Waals surface area contributed by atoms with E-state index >= 15 is 0 Å². The number of carbonyl (C=O) groups is 1. The number of aryl methyl sites for hydroxylation is 1. The second-order valence-corrected chi connectivity index (χ2v) is 9.26. The molecule has 158 valence electrons. The highest BCUT2D eigenvalue weighted by molar-refractivity contribution is 7.97. The first-order chi connectivity index (χ1) is 15.0. The van der Waals surface area contributed by atoms with Crippen LogP contribution in [-0.2, 0) is 11.3 Å². The average Bonchev–Trinajstić information content (AvgIpc) is 2.92. The molecule has 2 aliphatic heterocycles. The van der Waals surface area contributed by atoms with Gasteiger partial charge in [0.25, 0.3) is 0 Å². The lowest BCUT2D eigenvalue weighted by atomic mass is 9.86. The van der Waals surface area contributed by atoms with Crippen LogP contribution >= 0.6 is 11.9 Å². The first-order valence-electron chi connectivity index (χ1n) is 10.3. The SMILES string of the molecule is Cc1ccc2cc1CN1C[C@H](Oc3ccccc3S1)c1cc(F)cc(c1)C2CC(=O)O. The van der Waals surface area contributed by atoms with E-state index in [9.17, 15) is 14.3 Å². The molecule has 6 bridgehead atoms. The van der Waals surface area contributed by atoms with Crippen molar-refractivity contribution in [3.63, 3.8) is 0 Å². The summed E-state index contributed by atoms with van der Waals surface area (Å²) in [6.45, 7) is 3.32. The van der Waals surface area contributed by atoms with Gasteiger partial charge in [-0.25, -0.2) is 8.70 Å². The van der Waals surface area contributed by atoms with Gasteiger partial charge in [0.1, 0.15) is 17.7 Å². The van der Waals surface area contributed by atoms with Gasteiger partial charge < -0.3 is 9.84 Å². The molecule has 0 saturated heterocycles. The fraction of sp³-hybridized carbons (Fsp3) is 0.240. The molecule has 2 heterocycles. The molecule has 4 nitrogen and oxygen atoms in total. The zero-order valence-electron chi connectivity index (χ0n) is 17.0. The quantitative estimate of drug-likeness (QED) is 0.524. The molecule has 3 aromatic rings. The van der Waals surface area contributed by atoms with Crippen molar-refractivity contribution in [3.05, 3.63) is 94.3 Å². The van der Waals surface area contributed by atoms with E-state index in [0.29, 0.717) is 18.7 Å². The highest BCUT2D eigenvalue weighted by Gasteiger charge is 2.29. The van der Waals surface area contributed by atoms with Crippen LogP contribution in [-0.4, -0.2) is 21.9 Å². The molecule has 5 rings (SSSR count). The largest absolute Gasteiger partial charge is 0.483 e. The molecule has 0 aromatic heterocycles. The molecule has 3 aromatic carbocycles. The second kappa shape index (κ2) is 8.02. The Morgan fingerprint density at radius 1 is 1.13 bits per heavy atom. The van der Waals surface area contributed by atoms with Crippen LogP contribution < -0.4 is 4.74 Å². The van der Waals surface area contributed by atoms with E-state index < -0.39 is 11.9 Å². The van der Waals surface area contributed by atoms with Crippen molar-refractivity contribution >= 4 is 17.9 Å². The van der Waals surface area contributed by atoms with Crippen molar-refractivity contribution in [3.8, 4) is 5.75 Å². The Morgan fingerprint density at radius 3 is 2.77 bits per heavy atom. The monoisotopic (exact) mass is 435 g/mol. The Labute approximate surface area is 184 Å². The van der Waals surface area contributed by atoms with Gasteiger partial charge in [0, 0.05) is 12.5 Å². The van der Waals surface area contributed by atoms with Crippen LogP contribution in [0.3, 0.4) is 0 Å². The number of carboxylic acids is 1. The van der Waals surface area contributed by atoms with Gasteiger partial charge in [0.2, 0.25) is 0 Å². The van der Waals surface area contributed by atoms with Gasteiger partial charge in [0.15, 0.2) is 0 Å². The number of hydrogen-bond donors (Lipinski definition) is 1. The fourth-order valence-corrected chi connectivity index (χ4v) is 5.38. The minimum atomic E-state index is -0.909. The third-order valence-corrected chi connectivity index (χ3v) is 7.00. The molecular weight excluding hydrogens is 413 g/mol. The van der Waals surface area contributed by atoms with E-state index in [1.54, 1.807) is 11.9 Å². The van der Waals surface area contributed by atoms with Gasteiger partial charge in [-0.3, -0.25) is 4.79 Å². The molecule has 6 heteroatoms. The van der Waals surface area contributed by atoms with Crippen molar-refractivity contribution in [1.82, 2.24) is 4.31 Å². The number of nitrogens with zero attached hydrogens (tertiary/aromatic N) is 1. The van der Waals surface area contributed by atoms with Crippen molar-refractivity contribution in [2.24, 2.45) is 0 Å². The molecule has 0 radical (unpaired) electrons. The number of hydrogen-bond acceptors (Lipinski definition) is 4. The Bertz CT molecular complexity index is 1170. The fourth-order valence-electron chi connectivity index (χ4n) is 4.34. The smallest absolute Gasteiger partial charge is 0.304 e. The highest BCUT2D eigenvalue weighted by atomic mass is 32.2. The predicted octanol–water partition coefficient (Wildman–Crippen LogP) is 5.70. The van der Waals surface area contributed by atoms with Crippen LogP contribution in [0.25, 0.3) is 0 Å². The summed E-state index contributed by atoms with van der Waals surface area (Å²) in [5.41, 5.74) is 4.55. The standard InChI is InChI=1S/C25H22FNO3S/c1-15-6-7-16-8-19(15)13-27-14-23(30-22-4-2-3-5-24(22)31-27)18-9-17(10-20(26)11-18)21(16)12-25(28)29/h2-11,21,23H,12-14H2,1H3,(H,28,29)/t21?,23-/m0/s1. The molecule has 0 fully saturated rings. The zero-order valence-corrected chi connectivity index (χ0v) is 17.9. The average molecular weight is 436 g/mol. The molecule has 0 spiro atoms. The topological polar surface area (TPSA) is 49.8 Å². The number of carboxylic acid groups (broad SMARTS) is 1. The first kappa shape index (κ1) is 20.1. The van der Waals surface area contributed by atoms with E-state index in [4.69, 9.17) is 4.74 Å². The third-order valence-electron chi connectivity index (χ3n) is 5.93. The zero-order chi connectivity index (χ0) is 21.5. The Balaban J connectivity index is 1.72. The van der Waals surface area contributed by atoms with E-state index in [1.807, 2.05) is 42.5 Å². The molecule has 1 N–H and O–H groups in total. The number of halogens is 1. The lowest BCUT2D eigenvalue weighted by Gasteiger charge is -2.23. The maximum Gasteiger partial charge on any atom is 0.304 e. The maximum absolute atomic E-state index is 14.7. The second-order valence-electron chi connectivity index (χ2n) is 8.12. The van der Waals surface area contributed by atoms with E-state index in [-0.39, 0.29) is 18.3 Å². The number of aliphatic carboxylic acids is 1. The summed E-state index contributed by atoms with van der Waals surface area (Å²) in [7, 11) is 0. The van der Waals surface area contributed by atoms with Crippen molar-refractivity contribution in [2.75, 3.05) is 6.54 Å². The molecule has 2 unspecified atom stereocenters. The molecule has 0 saturated carbocycles. The molecule has 31 heavy (non-hydrogen) atoms. The van der Waals surface area contributed by atoms with Gasteiger partial charge in [-0.05, 0) is 71.0 Å². The minimum absolute atomic E-state index is 0.0990. The highest BCUT2D eigenvalue weighted by Crippen LogP contribution is 2.42. The Kier molecular flexibility index (Phi) is 5.20. The number of ether oxygens (including phenoxy) is 1. The van der Waals surface area contributed by atoms with E-state index in [1.165, 1.54) is 12.1 Å². The molecule has 2 aliphatic rings. The molecular formula is C25H22FNO3S. The van der Waals surface area contributed by atoms with Crippen LogP contribution in [0.1, 0.15) is 46.3 Å². The van der Waals surface area contributed by atoms with Crippen molar-refractivity contribution in [2.45, 2.75) is 36.8 Å². The van der Waals surface area contributed by atoms with Crippen molar-refractivity contribution in [1.29, 1.82) is 0 Å². The van der Waals surface area contributed by atoms with Crippen LogP contribution in [0.2, 0.25) is 0 Å². The third kappa shape index (κ3) is 4.05.